The number of non-ortho nitro benzene ring substituents is 1. The molecule has 0 aliphatic heterocycles. The molecule has 0 bridgehead atoms. The van der Waals surface area contributed by atoms with Gasteiger partial charge in [0.25, 0.3) is 5.69 Å². The lowest BCUT2D eigenvalue weighted by atomic mass is 10.3. The van der Waals surface area contributed by atoms with Crippen molar-refractivity contribution in [3.05, 3.63) is 46.6 Å². The van der Waals surface area contributed by atoms with Crippen LogP contribution in [0.1, 0.15) is 0 Å². The number of hydrogen-bond donors (Lipinski definition) is 2. The van der Waals surface area contributed by atoms with Crippen molar-refractivity contribution in [2.75, 3.05) is 30.8 Å². The third kappa shape index (κ3) is 4.30. The highest BCUT2D eigenvalue weighted by Crippen LogP contribution is 2.15. The summed E-state index contributed by atoms with van der Waals surface area (Å²) in [4.78, 5) is 18.3. The van der Waals surface area contributed by atoms with E-state index in [1.807, 2.05) is 0 Å². The van der Waals surface area contributed by atoms with Crippen LogP contribution in [0.5, 0.6) is 5.88 Å². The van der Waals surface area contributed by atoms with Crippen LogP contribution >= 0.6 is 0 Å². The van der Waals surface area contributed by atoms with Gasteiger partial charge in [-0.3, -0.25) is 10.1 Å². The molecule has 0 fully saturated rings. The summed E-state index contributed by atoms with van der Waals surface area (Å²) in [5, 5.41) is 16.7. The van der Waals surface area contributed by atoms with Crippen molar-refractivity contribution in [1.82, 2.24) is 9.97 Å². The SMILES string of the molecule is COc1ccnc(NCCNc2ccc([N+](=O)[O-])cc2)n1. The normalized spacial score (nSPS) is 9.95. The number of rotatable bonds is 7. The van der Waals surface area contributed by atoms with Gasteiger partial charge in [-0.25, -0.2) is 4.98 Å². The Labute approximate surface area is 121 Å². The number of methoxy groups -OCH3 is 1. The van der Waals surface area contributed by atoms with Crippen LogP contribution in [0.4, 0.5) is 17.3 Å². The van der Waals surface area contributed by atoms with Gasteiger partial charge >= 0.3 is 0 Å². The summed E-state index contributed by atoms with van der Waals surface area (Å²) in [7, 11) is 1.54. The van der Waals surface area contributed by atoms with Gasteiger partial charge in [-0.1, -0.05) is 0 Å². The van der Waals surface area contributed by atoms with E-state index in [4.69, 9.17) is 4.74 Å². The molecule has 21 heavy (non-hydrogen) atoms. The molecule has 2 N–H and O–H groups in total. The van der Waals surface area contributed by atoms with Gasteiger partial charge < -0.3 is 15.4 Å². The predicted octanol–water partition coefficient (Wildman–Crippen LogP) is 1.92. The Bertz CT molecular complexity index is 603. The zero-order valence-electron chi connectivity index (χ0n) is 11.4. The summed E-state index contributed by atoms with van der Waals surface area (Å²) in [5.41, 5.74) is 0.886. The highest BCUT2D eigenvalue weighted by atomic mass is 16.6. The maximum atomic E-state index is 10.5. The fourth-order valence-electron chi connectivity index (χ4n) is 1.62. The molecule has 8 heteroatoms. The van der Waals surface area contributed by atoms with Gasteiger partial charge in [-0.15, -0.1) is 0 Å². The number of ether oxygens (including phenoxy) is 1. The average Bonchev–Trinajstić information content (AvgIpc) is 2.52. The minimum absolute atomic E-state index is 0.0726. The second kappa shape index (κ2) is 7.04. The third-order valence-electron chi connectivity index (χ3n) is 2.65. The fraction of sp³-hybridized carbons (Fsp3) is 0.231. The van der Waals surface area contributed by atoms with Crippen molar-refractivity contribution in [1.29, 1.82) is 0 Å². The lowest BCUT2D eigenvalue weighted by Crippen LogP contribution is -2.15. The van der Waals surface area contributed by atoms with Gasteiger partial charge in [0, 0.05) is 43.2 Å². The third-order valence-corrected chi connectivity index (χ3v) is 2.65. The van der Waals surface area contributed by atoms with E-state index < -0.39 is 4.92 Å². The van der Waals surface area contributed by atoms with E-state index in [-0.39, 0.29) is 5.69 Å². The highest BCUT2D eigenvalue weighted by Gasteiger charge is 2.03. The number of nitrogens with zero attached hydrogens (tertiary/aromatic N) is 3. The van der Waals surface area contributed by atoms with Crippen LogP contribution in [0.25, 0.3) is 0 Å². The van der Waals surface area contributed by atoms with Crippen LogP contribution in [0.15, 0.2) is 36.5 Å². The summed E-state index contributed by atoms with van der Waals surface area (Å²) in [6.45, 7) is 1.22. The van der Waals surface area contributed by atoms with Crippen molar-refractivity contribution in [3.63, 3.8) is 0 Å². The average molecular weight is 289 g/mol. The van der Waals surface area contributed by atoms with Crippen LogP contribution in [-0.2, 0) is 0 Å². The van der Waals surface area contributed by atoms with Crippen LogP contribution < -0.4 is 15.4 Å². The summed E-state index contributed by atoms with van der Waals surface area (Å²) in [5.74, 6) is 0.982. The van der Waals surface area contributed by atoms with Gasteiger partial charge in [-0.2, -0.15) is 4.98 Å². The van der Waals surface area contributed by atoms with E-state index in [1.165, 1.54) is 12.1 Å². The lowest BCUT2D eigenvalue weighted by Gasteiger charge is -2.08. The van der Waals surface area contributed by atoms with E-state index in [0.717, 1.165) is 5.69 Å². The molecule has 1 aromatic heterocycles. The number of nitrogens with one attached hydrogen (secondary N) is 2. The molecule has 0 radical (unpaired) electrons. The topological polar surface area (TPSA) is 102 Å². The molecule has 2 aromatic rings. The Morgan fingerprint density at radius 2 is 1.90 bits per heavy atom. The van der Waals surface area contributed by atoms with Crippen molar-refractivity contribution in [2.45, 2.75) is 0 Å². The Morgan fingerprint density at radius 1 is 1.19 bits per heavy atom. The van der Waals surface area contributed by atoms with Crippen LogP contribution in [-0.4, -0.2) is 35.1 Å². The molecular weight excluding hydrogens is 274 g/mol. The Kier molecular flexibility index (Phi) is 4.86. The van der Waals surface area contributed by atoms with Gasteiger partial charge in [0.05, 0.1) is 12.0 Å². The van der Waals surface area contributed by atoms with E-state index in [1.54, 1.807) is 31.5 Å². The minimum Gasteiger partial charge on any atom is -0.481 e. The predicted molar refractivity (Wildman–Crippen MR) is 78.7 cm³/mol. The molecule has 2 rings (SSSR count). The number of benzene rings is 1. The first-order valence-corrected chi connectivity index (χ1v) is 6.28. The van der Waals surface area contributed by atoms with Crippen LogP contribution in [0, 0.1) is 10.1 Å². The molecular formula is C13H15N5O3. The Balaban J connectivity index is 1.77. The van der Waals surface area contributed by atoms with Gasteiger partial charge in [0.1, 0.15) is 0 Å². The summed E-state index contributed by atoms with van der Waals surface area (Å²) in [6.07, 6.45) is 1.61. The summed E-state index contributed by atoms with van der Waals surface area (Å²) < 4.78 is 5.00. The zero-order valence-corrected chi connectivity index (χ0v) is 11.4. The molecule has 0 unspecified atom stereocenters. The number of hydrogen-bond acceptors (Lipinski definition) is 7. The monoisotopic (exact) mass is 289 g/mol. The van der Waals surface area contributed by atoms with Crippen molar-refractivity contribution < 1.29 is 9.66 Å². The van der Waals surface area contributed by atoms with Crippen LogP contribution in [0.2, 0.25) is 0 Å². The van der Waals surface area contributed by atoms with Gasteiger partial charge in [-0.05, 0) is 12.1 Å². The van der Waals surface area contributed by atoms with Crippen molar-refractivity contribution >= 4 is 17.3 Å². The first-order valence-electron chi connectivity index (χ1n) is 6.28. The summed E-state index contributed by atoms with van der Waals surface area (Å²) in [6, 6.07) is 7.92. The molecule has 0 atom stereocenters. The second-order valence-electron chi connectivity index (χ2n) is 4.08. The quantitative estimate of drug-likeness (QED) is 0.456. The first-order chi connectivity index (χ1) is 10.2. The minimum atomic E-state index is -0.425. The molecule has 0 saturated heterocycles. The molecule has 0 spiro atoms. The van der Waals surface area contributed by atoms with E-state index in [0.29, 0.717) is 24.9 Å². The molecule has 1 heterocycles. The maximum absolute atomic E-state index is 10.5. The standard InChI is InChI=1S/C13H15N5O3/c1-21-12-6-7-15-13(17-12)16-9-8-14-10-2-4-11(5-3-10)18(19)20/h2-7,14H,8-9H2,1H3,(H,15,16,17). The van der Waals surface area contributed by atoms with E-state index in [2.05, 4.69) is 20.6 Å². The second-order valence-corrected chi connectivity index (χ2v) is 4.08. The highest BCUT2D eigenvalue weighted by molar-refractivity contribution is 5.48. The van der Waals surface area contributed by atoms with Gasteiger partial charge in [0.2, 0.25) is 11.8 Å². The Morgan fingerprint density at radius 3 is 2.57 bits per heavy atom. The smallest absolute Gasteiger partial charge is 0.269 e. The molecule has 1 aromatic carbocycles. The van der Waals surface area contributed by atoms with E-state index in [9.17, 15) is 10.1 Å². The van der Waals surface area contributed by atoms with Gasteiger partial charge in [0.15, 0.2) is 0 Å². The largest absolute Gasteiger partial charge is 0.481 e. The molecule has 8 nitrogen and oxygen atoms in total. The van der Waals surface area contributed by atoms with E-state index >= 15 is 0 Å². The van der Waals surface area contributed by atoms with Crippen molar-refractivity contribution in [3.8, 4) is 5.88 Å². The molecule has 0 aliphatic rings. The number of anilines is 2. The fourth-order valence-corrected chi connectivity index (χ4v) is 1.62. The number of nitro benzene ring substituents is 1. The number of aromatic nitrogens is 2. The molecule has 0 aliphatic carbocycles. The maximum Gasteiger partial charge on any atom is 0.269 e. The summed E-state index contributed by atoms with van der Waals surface area (Å²) >= 11 is 0. The Hall–Kier alpha value is -2.90. The number of nitro groups is 1. The molecule has 0 saturated carbocycles. The zero-order chi connectivity index (χ0) is 15.1. The molecule has 0 amide bonds. The molecule has 110 valence electrons. The van der Waals surface area contributed by atoms with Crippen molar-refractivity contribution in [2.24, 2.45) is 0 Å². The van der Waals surface area contributed by atoms with Crippen LogP contribution in [0.3, 0.4) is 0 Å². The first kappa shape index (κ1) is 14.5. The lowest BCUT2D eigenvalue weighted by molar-refractivity contribution is -0.384.